The predicted octanol–water partition coefficient (Wildman–Crippen LogP) is 4.11. The summed E-state index contributed by atoms with van der Waals surface area (Å²) in [6.07, 6.45) is 2.54. The molecule has 0 saturated carbocycles. The number of benzene rings is 1. The van der Waals surface area contributed by atoms with Crippen LogP contribution < -0.4 is 4.90 Å². The van der Waals surface area contributed by atoms with Gasteiger partial charge >= 0.3 is 0 Å². The summed E-state index contributed by atoms with van der Waals surface area (Å²) in [6.45, 7) is 7.04. The lowest BCUT2D eigenvalue weighted by atomic mass is 9.95. The normalized spacial score (nSPS) is 17.1. The number of hydrogen-bond acceptors (Lipinski definition) is 1. The van der Waals surface area contributed by atoms with Gasteiger partial charge in [-0.15, -0.1) is 0 Å². The molecule has 17 heavy (non-hydrogen) atoms. The van der Waals surface area contributed by atoms with Crippen LogP contribution in [0.4, 0.5) is 5.69 Å². The molecule has 1 aromatic carbocycles. The van der Waals surface area contributed by atoms with Gasteiger partial charge in [0.1, 0.15) is 0 Å². The highest BCUT2D eigenvalue weighted by molar-refractivity contribution is 9.09. The second-order valence-electron chi connectivity index (χ2n) is 5.34. The molecule has 1 atom stereocenters. The van der Waals surface area contributed by atoms with Crippen LogP contribution in [0.2, 0.25) is 0 Å². The van der Waals surface area contributed by atoms with Gasteiger partial charge in [0, 0.05) is 24.1 Å². The first kappa shape index (κ1) is 12.9. The van der Waals surface area contributed by atoms with Crippen molar-refractivity contribution in [3.05, 3.63) is 29.8 Å². The summed E-state index contributed by atoms with van der Waals surface area (Å²) in [5.41, 5.74) is 2.99. The quantitative estimate of drug-likeness (QED) is 0.756. The highest BCUT2D eigenvalue weighted by atomic mass is 79.9. The number of hydrogen-bond donors (Lipinski definition) is 0. The Morgan fingerprint density at radius 3 is 2.76 bits per heavy atom. The van der Waals surface area contributed by atoms with Crippen molar-refractivity contribution in [2.75, 3.05) is 23.3 Å². The Morgan fingerprint density at radius 1 is 1.29 bits per heavy atom. The van der Waals surface area contributed by atoms with Crippen LogP contribution in [0.1, 0.15) is 25.8 Å². The van der Waals surface area contributed by atoms with Crippen molar-refractivity contribution in [1.82, 2.24) is 0 Å². The van der Waals surface area contributed by atoms with Crippen LogP contribution in [0.3, 0.4) is 0 Å². The van der Waals surface area contributed by atoms with Gasteiger partial charge in [-0.3, -0.25) is 0 Å². The molecule has 2 heteroatoms. The lowest BCUT2D eigenvalue weighted by Crippen LogP contribution is -2.36. The molecule has 0 aromatic heterocycles. The van der Waals surface area contributed by atoms with Crippen molar-refractivity contribution < 1.29 is 0 Å². The molecular weight excluding hydrogens is 274 g/mol. The smallest absolute Gasteiger partial charge is 0.0398 e. The molecule has 2 rings (SSSR count). The zero-order chi connectivity index (χ0) is 12.3. The van der Waals surface area contributed by atoms with E-state index in [1.54, 1.807) is 0 Å². The van der Waals surface area contributed by atoms with E-state index in [-0.39, 0.29) is 0 Å². The zero-order valence-electron chi connectivity index (χ0n) is 10.8. The maximum Gasteiger partial charge on any atom is 0.0398 e. The van der Waals surface area contributed by atoms with Crippen LogP contribution in [0, 0.1) is 11.8 Å². The van der Waals surface area contributed by atoms with E-state index in [1.807, 2.05) is 0 Å². The van der Waals surface area contributed by atoms with E-state index in [9.17, 15) is 0 Å². The zero-order valence-corrected chi connectivity index (χ0v) is 12.4. The molecule has 1 unspecified atom stereocenters. The Hall–Kier alpha value is -0.500. The van der Waals surface area contributed by atoms with E-state index in [0.717, 1.165) is 17.2 Å². The number of rotatable bonds is 4. The summed E-state index contributed by atoms with van der Waals surface area (Å²) in [5, 5.41) is 1.10. The highest BCUT2D eigenvalue weighted by Crippen LogP contribution is 2.28. The molecule has 0 aliphatic carbocycles. The van der Waals surface area contributed by atoms with Gasteiger partial charge in [-0.25, -0.2) is 0 Å². The van der Waals surface area contributed by atoms with Gasteiger partial charge in [-0.05, 0) is 36.3 Å². The average molecular weight is 296 g/mol. The second-order valence-corrected chi connectivity index (χ2v) is 5.98. The molecule has 1 nitrogen and oxygen atoms in total. The molecule has 1 heterocycles. The number of alkyl halides is 1. The van der Waals surface area contributed by atoms with Crippen LogP contribution in [0.25, 0.3) is 0 Å². The third-order valence-corrected chi connectivity index (χ3v) is 4.63. The van der Waals surface area contributed by atoms with Gasteiger partial charge in [0.2, 0.25) is 0 Å². The maximum absolute atomic E-state index is 3.66. The lowest BCUT2D eigenvalue weighted by Gasteiger charge is -2.35. The number of halogens is 1. The minimum atomic E-state index is 0.737. The number of fused-ring (bicyclic) bond motifs is 1. The molecule has 0 fully saturated rings. The summed E-state index contributed by atoms with van der Waals surface area (Å²) in [7, 11) is 0. The van der Waals surface area contributed by atoms with Crippen molar-refractivity contribution in [3.8, 4) is 0 Å². The van der Waals surface area contributed by atoms with Gasteiger partial charge < -0.3 is 4.90 Å². The summed E-state index contributed by atoms with van der Waals surface area (Å²) < 4.78 is 0. The van der Waals surface area contributed by atoms with Crippen LogP contribution in [-0.4, -0.2) is 18.4 Å². The summed E-state index contributed by atoms with van der Waals surface area (Å²) in [4.78, 5) is 2.57. The van der Waals surface area contributed by atoms with E-state index in [4.69, 9.17) is 0 Å². The van der Waals surface area contributed by atoms with Crippen LogP contribution in [-0.2, 0) is 6.42 Å². The fourth-order valence-corrected chi connectivity index (χ4v) is 3.47. The fourth-order valence-electron chi connectivity index (χ4n) is 2.52. The van der Waals surface area contributed by atoms with E-state index in [1.165, 1.54) is 37.2 Å². The SMILES string of the molecule is CC(C)C(CBr)CN1CCCc2ccccc21. The second kappa shape index (κ2) is 5.90. The largest absolute Gasteiger partial charge is 0.371 e. The van der Waals surface area contributed by atoms with Crippen molar-refractivity contribution >= 4 is 21.6 Å². The first-order valence-electron chi connectivity index (χ1n) is 6.61. The van der Waals surface area contributed by atoms with E-state index in [0.29, 0.717) is 0 Å². The standard InChI is InChI=1S/C15H22BrN/c1-12(2)14(10-16)11-17-9-5-7-13-6-3-4-8-15(13)17/h3-4,6,8,12,14H,5,7,9-11H2,1-2H3. The summed E-state index contributed by atoms with van der Waals surface area (Å²) >= 11 is 3.66. The molecule has 0 radical (unpaired) electrons. The Kier molecular flexibility index (Phi) is 4.49. The average Bonchev–Trinajstić information content (AvgIpc) is 2.35. The van der Waals surface area contributed by atoms with Crippen molar-refractivity contribution in [3.63, 3.8) is 0 Å². The van der Waals surface area contributed by atoms with Crippen LogP contribution in [0.15, 0.2) is 24.3 Å². The molecular formula is C15H22BrN. The molecule has 0 spiro atoms. The number of para-hydroxylation sites is 1. The third kappa shape index (κ3) is 3.04. The Balaban J connectivity index is 2.13. The predicted molar refractivity (Wildman–Crippen MR) is 79.1 cm³/mol. The van der Waals surface area contributed by atoms with Crippen molar-refractivity contribution in [2.24, 2.45) is 11.8 Å². The molecule has 0 bridgehead atoms. The summed E-state index contributed by atoms with van der Waals surface area (Å²) in [5.74, 6) is 1.48. The minimum absolute atomic E-state index is 0.737. The Bertz CT molecular complexity index is 362. The van der Waals surface area contributed by atoms with Gasteiger partial charge in [0.15, 0.2) is 0 Å². The van der Waals surface area contributed by atoms with Gasteiger partial charge in [-0.1, -0.05) is 48.0 Å². The lowest BCUT2D eigenvalue weighted by molar-refractivity contribution is 0.421. The molecule has 0 amide bonds. The van der Waals surface area contributed by atoms with Gasteiger partial charge in [0.05, 0.1) is 0 Å². The van der Waals surface area contributed by atoms with E-state index >= 15 is 0 Å². The highest BCUT2D eigenvalue weighted by Gasteiger charge is 2.21. The maximum atomic E-state index is 3.66. The van der Waals surface area contributed by atoms with E-state index in [2.05, 4.69) is 58.9 Å². The molecule has 1 aliphatic rings. The number of anilines is 1. The molecule has 0 N–H and O–H groups in total. The van der Waals surface area contributed by atoms with Crippen LogP contribution in [0.5, 0.6) is 0 Å². The minimum Gasteiger partial charge on any atom is -0.371 e. The molecule has 94 valence electrons. The first-order chi connectivity index (χ1) is 8.22. The molecule has 1 aromatic rings. The Morgan fingerprint density at radius 2 is 2.06 bits per heavy atom. The fraction of sp³-hybridized carbons (Fsp3) is 0.600. The van der Waals surface area contributed by atoms with Crippen molar-refractivity contribution in [2.45, 2.75) is 26.7 Å². The van der Waals surface area contributed by atoms with Crippen molar-refractivity contribution in [1.29, 1.82) is 0 Å². The topological polar surface area (TPSA) is 3.24 Å². The van der Waals surface area contributed by atoms with Gasteiger partial charge in [-0.2, -0.15) is 0 Å². The van der Waals surface area contributed by atoms with Crippen LogP contribution >= 0.6 is 15.9 Å². The molecule has 0 saturated heterocycles. The third-order valence-electron chi connectivity index (χ3n) is 3.80. The number of aryl methyl sites for hydroxylation is 1. The Labute approximate surface area is 113 Å². The van der Waals surface area contributed by atoms with E-state index < -0.39 is 0 Å². The summed E-state index contributed by atoms with van der Waals surface area (Å²) in [6, 6.07) is 8.88. The number of nitrogens with zero attached hydrogens (tertiary/aromatic N) is 1. The monoisotopic (exact) mass is 295 g/mol. The van der Waals surface area contributed by atoms with Gasteiger partial charge in [0.25, 0.3) is 0 Å². The molecule has 1 aliphatic heterocycles. The first-order valence-corrected chi connectivity index (χ1v) is 7.73.